The Bertz CT molecular complexity index is 446. The van der Waals surface area contributed by atoms with Crippen molar-refractivity contribution in [1.82, 2.24) is 14.5 Å². The van der Waals surface area contributed by atoms with Gasteiger partial charge in [-0.25, -0.2) is 8.42 Å². The zero-order chi connectivity index (χ0) is 12.3. The first kappa shape index (κ1) is 12.9. The number of halogens is 1. The molecule has 0 amide bonds. The molecule has 1 aliphatic heterocycles. The maximum absolute atomic E-state index is 12.3. The summed E-state index contributed by atoms with van der Waals surface area (Å²) in [5, 5.41) is 6.40. The summed E-state index contributed by atoms with van der Waals surface area (Å²) in [6, 6.07) is 1.58. The van der Waals surface area contributed by atoms with Gasteiger partial charge in [0.15, 0.2) is 5.03 Å². The van der Waals surface area contributed by atoms with Gasteiger partial charge in [-0.15, -0.1) is 11.6 Å². The quantitative estimate of drug-likeness (QED) is 0.831. The van der Waals surface area contributed by atoms with E-state index in [0.29, 0.717) is 12.4 Å². The molecule has 1 aromatic rings. The Balaban J connectivity index is 2.15. The number of hydrogen-bond acceptors (Lipinski definition) is 3. The van der Waals surface area contributed by atoms with Crippen molar-refractivity contribution in [3.8, 4) is 0 Å². The molecular formula is C10H16ClN3O2S. The summed E-state index contributed by atoms with van der Waals surface area (Å²) in [6.45, 7) is 0.592. The molecule has 1 unspecified atom stereocenters. The standard InChI is InChI=1S/C10H16ClN3O2S/c11-6-1-3-9-4-2-8-14(9)17(15,16)10-5-7-12-13-10/h5,7,9H,1-4,6,8H2,(H,12,13). The predicted molar refractivity (Wildman–Crippen MR) is 65.5 cm³/mol. The molecule has 1 saturated heterocycles. The van der Waals surface area contributed by atoms with Crippen molar-refractivity contribution in [2.45, 2.75) is 36.8 Å². The molecule has 17 heavy (non-hydrogen) atoms. The van der Waals surface area contributed by atoms with Gasteiger partial charge in [-0.05, 0) is 31.7 Å². The molecule has 0 spiro atoms. The monoisotopic (exact) mass is 277 g/mol. The van der Waals surface area contributed by atoms with E-state index in [0.717, 1.165) is 25.7 Å². The normalized spacial score (nSPS) is 22.1. The number of nitrogens with zero attached hydrogens (tertiary/aromatic N) is 2. The van der Waals surface area contributed by atoms with Gasteiger partial charge in [-0.3, -0.25) is 5.10 Å². The number of nitrogens with one attached hydrogen (secondary N) is 1. The third-order valence-electron chi connectivity index (χ3n) is 3.06. The molecule has 0 bridgehead atoms. The van der Waals surface area contributed by atoms with Crippen LogP contribution in [0.5, 0.6) is 0 Å². The number of sulfonamides is 1. The van der Waals surface area contributed by atoms with E-state index in [9.17, 15) is 8.42 Å². The van der Waals surface area contributed by atoms with Crippen LogP contribution >= 0.6 is 11.6 Å². The highest BCUT2D eigenvalue weighted by molar-refractivity contribution is 7.89. The zero-order valence-corrected chi connectivity index (χ0v) is 11.0. The summed E-state index contributed by atoms with van der Waals surface area (Å²) in [4.78, 5) is 0. The third kappa shape index (κ3) is 2.64. The van der Waals surface area contributed by atoms with Crippen LogP contribution in [0.25, 0.3) is 0 Å². The van der Waals surface area contributed by atoms with Gasteiger partial charge in [0, 0.05) is 18.5 Å². The van der Waals surface area contributed by atoms with Gasteiger partial charge in [-0.2, -0.15) is 9.40 Å². The highest BCUT2D eigenvalue weighted by Gasteiger charge is 2.35. The van der Waals surface area contributed by atoms with Gasteiger partial charge in [0.25, 0.3) is 10.0 Å². The molecule has 1 aromatic heterocycles. The second kappa shape index (κ2) is 5.37. The Morgan fingerprint density at radius 2 is 2.41 bits per heavy atom. The van der Waals surface area contributed by atoms with Crippen molar-refractivity contribution in [3.63, 3.8) is 0 Å². The molecule has 1 fully saturated rings. The first-order chi connectivity index (χ1) is 8.16. The maximum atomic E-state index is 12.3. The van der Waals surface area contributed by atoms with Gasteiger partial charge in [0.1, 0.15) is 0 Å². The van der Waals surface area contributed by atoms with Crippen LogP contribution in [0.4, 0.5) is 0 Å². The average molecular weight is 278 g/mol. The Morgan fingerprint density at radius 3 is 3.06 bits per heavy atom. The fourth-order valence-electron chi connectivity index (χ4n) is 2.24. The largest absolute Gasteiger partial charge is 0.266 e. The molecule has 0 saturated carbocycles. The van der Waals surface area contributed by atoms with Gasteiger partial charge in [-0.1, -0.05) is 0 Å². The van der Waals surface area contributed by atoms with Crippen molar-refractivity contribution < 1.29 is 8.42 Å². The Kier molecular flexibility index (Phi) is 4.06. The molecular weight excluding hydrogens is 262 g/mol. The van der Waals surface area contributed by atoms with E-state index >= 15 is 0 Å². The number of hydrogen-bond donors (Lipinski definition) is 1. The van der Waals surface area contributed by atoms with Crippen LogP contribution in [0.15, 0.2) is 17.3 Å². The van der Waals surface area contributed by atoms with E-state index < -0.39 is 10.0 Å². The Labute approximate surface area is 106 Å². The van der Waals surface area contributed by atoms with Crippen LogP contribution in [-0.2, 0) is 10.0 Å². The minimum absolute atomic E-state index is 0.0852. The number of rotatable bonds is 5. The molecule has 0 radical (unpaired) electrons. The minimum atomic E-state index is -3.40. The van der Waals surface area contributed by atoms with E-state index in [4.69, 9.17) is 11.6 Å². The second-order valence-corrected chi connectivity index (χ2v) is 6.40. The van der Waals surface area contributed by atoms with Crippen LogP contribution < -0.4 is 0 Å². The molecule has 2 rings (SSSR count). The number of aromatic amines is 1. The fraction of sp³-hybridized carbons (Fsp3) is 0.700. The topological polar surface area (TPSA) is 66.1 Å². The summed E-state index contributed by atoms with van der Waals surface area (Å²) in [5.41, 5.74) is 0. The lowest BCUT2D eigenvalue weighted by Crippen LogP contribution is -2.35. The molecule has 1 atom stereocenters. The van der Waals surface area contributed by atoms with Gasteiger partial charge < -0.3 is 0 Å². The van der Waals surface area contributed by atoms with E-state index in [1.54, 1.807) is 4.31 Å². The predicted octanol–water partition coefficient (Wildman–Crippen LogP) is 1.58. The van der Waals surface area contributed by atoms with Crippen molar-refractivity contribution in [1.29, 1.82) is 0 Å². The Hall–Kier alpha value is -0.590. The summed E-state index contributed by atoms with van der Waals surface area (Å²) < 4.78 is 26.2. The number of aromatic nitrogens is 2. The lowest BCUT2D eigenvalue weighted by Gasteiger charge is -2.22. The lowest BCUT2D eigenvalue weighted by molar-refractivity contribution is 0.367. The highest BCUT2D eigenvalue weighted by atomic mass is 35.5. The van der Waals surface area contributed by atoms with Crippen molar-refractivity contribution in [2.24, 2.45) is 0 Å². The average Bonchev–Trinajstić information content (AvgIpc) is 2.97. The van der Waals surface area contributed by atoms with Gasteiger partial charge in [0.2, 0.25) is 0 Å². The lowest BCUT2D eigenvalue weighted by atomic mass is 10.1. The summed E-state index contributed by atoms with van der Waals surface area (Å²) in [6.07, 6.45) is 4.97. The van der Waals surface area contributed by atoms with E-state index in [2.05, 4.69) is 10.2 Å². The van der Waals surface area contributed by atoms with Crippen molar-refractivity contribution >= 4 is 21.6 Å². The smallest absolute Gasteiger partial charge is 0.260 e. The molecule has 7 heteroatoms. The van der Waals surface area contributed by atoms with E-state index in [1.165, 1.54) is 12.3 Å². The summed E-state index contributed by atoms with van der Waals surface area (Å²) in [5.74, 6) is 0.578. The number of alkyl halides is 1. The van der Waals surface area contributed by atoms with Crippen LogP contribution in [0.2, 0.25) is 0 Å². The SMILES string of the molecule is O=S(=O)(c1ccn[nH]1)N1CCCC1CCCCl. The first-order valence-electron chi connectivity index (χ1n) is 5.73. The van der Waals surface area contributed by atoms with Crippen LogP contribution in [0.3, 0.4) is 0 Å². The van der Waals surface area contributed by atoms with Crippen LogP contribution in [-0.4, -0.2) is 41.4 Å². The molecule has 1 N–H and O–H groups in total. The molecule has 1 aliphatic rings. The fourth-order valence-corrected chi connectivity index (χ4v) is 4.02. The summed E-state index contributed by atoms with van der Waals surface area (Å²) >= 11 is 5.66. The zero-order valence-electron chi connectivity index (χ0n) is 9.47. The number of H-pyrrole nitrogens is 1. The Morgan fingerprint density at radius 1 is 1.59 bits per heavy atom. The summed E-state index contributed by atoms with van der Waals surface area (Å²) in [7, 11) is -3.40. The highest BCUT2D eigenvalue weighted by Crippen LogP contribution is 2.27. The third-order valence-corrected chi connectivity index (χ3v) is 5.20. The molecule has 0 aliphatic carbocycles. The molecule has 0 aromatic carbocycles. The molecule has 96 valence electrons. The van der Waals surface area contributed by atoms with Crippen LogP contribution in [0.1, 0.15) is 25.7 Å². The van der Waals surface area contributed by atoms with Gasteiger partial charge in [0.05, 0.1) is 6.20 Å². The van der Waals surface area contributed by atoms with Crippen molar-refractivity contribution in [2.75, 3.05) is 12.4 Å². The van der Waals surface area contributed by atoms with Crippen molar-refractivity contribution in [3.05, 3.63) is 12.3 Å². The van der Waals surface area contributed by atoms with Gasteiger partial charge >= 0.3 is 0 Å². The second-order valence-electron chi connectivity index (χ2n) is 4.16. The molecule has 2 heterocycles. The minimum Gasteiger partial charge on any atom is -0.266 e. The maximum Gasteiger partial charge on any atom is 0.260 e. The van der Waals surface area contributed by atoms with Crippen LogP contribution in [0, 0.1) is 0 Å². The first-order valence-corrected chi connectivity index (χ1v) is 7.71. The van der Waals surface area contributed by atoms with E-state index in [1.807, 2.05) is 0 Å². The molecule has 5 nitrogen and oxygen atoms in total. The van der Waals surface area contributed by atoms with E-state index in [-0.39, 0.29) is 11.1 Å².